The molecule has 8 heavy (non-hydrogen) atoms. The Hall–Kier alpha value is -0.760. The Labute approximate surface area is 49.5 Å². The fraction of sp³-hybridized carbons (Fsp3) is 0.333. The van der Waals surface area contributed by atoms with Gasteiger partial charge in [-0.05, 0) is 26.2 Å². The molecule has 2 heteroatoms. The quantitative estimate of drug-likeness (QED) is 0.545. The average Bonchev–Trinajstić information content (AvgIpc) is 2.17. The highest BCUT2D eigenvalue weighted by Crippen LogP contribution is 1.79. The Morgan fingerprint density at radius 1 is 1.12 bits per heavy atom. The Morgan fingerprint density at radius 2 is 1.50 bits per heavy atom. The van der Waals surface area contributed by atoms with Crippen LogP contribution in [0.15, 0.2) is 29.1 Å². The first-order valence-electron chi connectivity index (χ1n) is 2.47. The Kier molecular flexibility index (Phi) is 5.65. The topological polar surface area (TPSA) is 25.2 Å². The lowest BCUT2D eigenvalue weighted by atomic mass is 10.7. The first kappa shape index (κ1) is 7.24. The van der Waals surface area contributed by atoms with Gasteiger partial charge in [0, 0.05) is 0 Å². The summed E-state index contributed by atoms with van der Waals surface area (Å²) >= 11 is 0. The van der Waals surface area contributed by atoms with Crippen LogP contribution in [0.2, 0.25) is 0 Å². The summed E-state index contributed by atoms with van der Waals surface area (Å²) in [5, 5.41) is 2.75. The van der Waals surface area contributed by atoms with Gasteiger partial charge in [0.15, 0.2) is 0 Å². The number of hydrogen-bond acceptors (Lipinski definition) is 2. The molecule has 0 aliphatic carbocycles. The van der Waals surface area contributed by atoms with Crippen LogP contribution in [-0.4, -0.2) is 14.1 Å². The summed E-state index contributed by atoms with van der Waals surface area (Å²) in [5.74, 6) is 0. The standard InChI is InChI=1S/C4H4O.C2H7N/c1-2-4-5-3-1;1-3-2/h1-4H;3H,1-2H3. The second-order valence-corrected chi connectivity index (χ2v) is 1.29. The van der Waals surface area contributed by atoms with Crippen molar-refractivity contribution >= 4 is 0 Å². The van der Waals surface area contributed by atoms with Crippen molar-refractivity contribution < 1.29 is 4.42 Å². The molecule has 0 aliphatic rings. The minimum absolute atomic E-state index is 1.62. The maximum atomic E-state index is 4.58. The molecule has 1 aromatic heterocycles. The fourth-order valence-electron chi connectivity index (χ4n) is 0.227. The summed E-state index contributed by atoms with van der Waals surface area (Å²) in [5.41, 5.74) is 0. The third kappa shape index (κ3) is 5.24. The first-order valence-corrected chi connectivity index (χ1v) is 2.47. The maximum Gasteiger partial charge on any atom is 0.0902 e. The molecule has 0 radical (unpaired) electrons. The van der Waals surface area contributed by atoms with Crippen LogP contribution in [0.4, 0.5) is 0 Å². The minimum atomic E-state index is 1.62. The van der Waals surface area contributed by atoms with Crippen LogP contribution in [0.25, 0.3) is 0 Å². The Balaban J connectivity index is 0.000000145. The van der Waals surface area contributed by atoms with E-state index < -0.39 is 0 Å². The normalized spacial score (nSPS) is 7.25. The molecule has 0 unspecified atom stereocenters. The summed E-state index contributed by atoms with van der Waals surface area (Å²) < 4.78 is 4.58. The lowest BCUT2D eigenvalue weighted by Gasteiger charge is -1.59. The van der Waals surface area contributed by atoms with Crippen molar-refractivity contribution in [1.82, 2.24) is 5.32 Å². The first-order chi connectivity index (χ1) is 3.91. The predicted octanol–water partition coefficient (Wildman–Crippen LogP) is 1.12. The van der Waals surface area contributed by atoms with Crippen molar-refractivity contribution in [3.05, 3.63) is 24.7 Å². The van der Waals surface area contributed by atoms with E-state index in [1.807, 2.05) is 26.2 Å². The Morgan fingerprint density at radius 3 is 1.62 bits per heavy atom. The van der Waals surface area contributed by atoms with Crippen LogP contribution in [0, 0.1) is 0 Å². The molecule has 0 saturated heterocycles. The van der Waals surface area contributed by atoms with Crippen LogP contribution in [0.3, 0.4) is 0 Å². The molecule has 0 atom stereocenters. The van der Waals surface area contributed by atoms with Gasteiger partial charge in [0.1, 0.15) is 0 Å². The van der Waals surface area contributed by atoms with E-state index in [0.717, 1.165) is 0 Å². The van der Waals surface area contributed by atoms with Crippen molar-refractivity contribution in [3.63, 3.8) is 0 Å². The van der Waals surface area contributed by atoms with Crippen LogP contribution in [0.5, 0.6) is 0 Å². The number of nitrogens with one attached hydrogen (secondary N) is 1. The van der Waals surface area contributed by atoms with Crippen molar-refractivity contribution in [3.8, 4) is 0 Å². The SMILES string of the molecule is CNC.c1ccoc1. The van der Waals surface area contributed by atoms with E-state index in [9.17, 15) is 0 Å². The molecule has 2 nitrogen and oxygen atoms in total. The van der Waals surface area contributed by atoms with Crippen LogP contribution in [0.1, 0.15) is 0 Å². The van der Waals surface area contributed by atoms with E-state index in [0.29, 0.717) is 0 Å². The third-order valence-corrected chi connectivity index (χ3v) is 0.425. The van der Waals surface area contributed by atoms with Gasteiger partial charge in [-0.25, -0.2) is 0 Å². The van der Waals surface area contributed by atoms with Gasteiger partial charge in [-0.2, -0.15) is 0 Å². The van der Waals surface area contributed by atoms with E-state index in [2.05, 4.69) is 9.73 Å². The van der Waals surface area contributed by atoms with Gasteiger partial charge < -0.3 is 9.73 Å². The molecule has 1 N–H and O–H groups in total. The third-order valence-electron chi connectivity index (χ3n) is 0.425. The largest absolute Gasteiger partial charge is 0.473 e. The van der Waals surface area contributed by atoms with Crippen molar-refractivity contribution in [1.29, 1.82) is 0 Å². The van der Waals surface area contributed by atoms with Crippen molar-refractivity contribution in [2.75, 3.05) is 14.1 Å². The lowest BCUT2D eigenvalue weighted by Crippen LogP contribution is -1.89. The molecule has 0 bridgehead atoms. The van der Waals surface area contributed by atoms with E-state index in [1.54, 1.807) is 12.5 Å². The minimum Gasteiger partial charge on any atom is -0.473 e. The summed E-state index contributed by atoms with van der Waals surface area (Å²) in [6.45, 7) is 0. The molecule has 0 aromatic carbocycles. The molecule has 0 spiro atoms. The van der Waals surface area contributed by atoms with Gasteiger partial charge in [0.2, 0.25) is 0 Å². The highest BCUT2D eigenvalue weighted by Gasteiger charge is 1.58. The number of hydrogen-bond donors (Lipinski definition) is 1. The molecule has 46 valence electrons. The highest BCUT2D eigenvalue weighted by atomic mass is 16.3. The van der Waals surface area contributed by atoms with E-state index in [4.69, 9.17) is 0 Å². The number of furan rings is 1. The lowest BCUT2D eigenvalue weighted by molar-refractivity contribution is 0.567. The van der Waals surface area contributed by atoms with Crippen molar-refractivity contribution in [2.24, 2.45) is 0 Å². The van der Waals surface area contributed by atoms with E-state index >= 15 is 0 Å². The van der Waals surface area contributed by atoms with Gasteiger partial charge in [-0.1, -0.05) is 0 Å². The zero-order valence-electron chi connectivity index (χ0n) is 5.22. The maximum absolute atomic E-state index is 4.58. The molecule has 1 aromatic rings. The summed E-state index contributed by atoms with van der Waals surface area (Å²) in [6, 6.07) is 3.67. The van der Waals surface area contributed by atoms with Gasteiger partial charge >= 0.3 is 0 Å². The molecule has 0 fully saturated rings. The van der Waals surface area contributed by atoms with Crippen LogP contribution in [-0.2, 0) is 0 Å². The van der Waals surface area contributed by atoms with Crippen LogP contribution >= 0.6 is 0 Å². The summed E-state index contributed by atoms with van der Waals surface area (Å²) in [4.78, 5) is 0. The molecular formula is C6H11NO. The molecule has 1 heterocycles. The molecule has 0 amide bonds. The van der Waals surface area contributed by atoms with Gasteiger partial charge in [0.05, 0.1) is 12.5 Å². The molecule has 1 rings (SSSR count). The highest BCUT2D eigenvalue weighted by molar-refractivity contribution is 4.79. The smallest absolute Gasteiger partial charge is 0.0902 e. The van der Waals surface area contributed by atoms with Crippen LogP contribution < -0.4 is 5.32 Å². The summed E-state index contributed by atoms with van der Waals surface area (Å²) in [7, 11) is 3.75. The molecule has 0 aliphatic heterocycles. The van der Waals surface area contributed by atoms with E-state index in [1.165, 1.54) is 0 Å². The monoisotopic (exact) mass is 113 g/mol. The van der Waals surface area contributed by atoms with Gasteiger partial charge in [-0.3, -0.25) is 0 Å². The second-order valence-electron chi connectivity index (χ2n) is 1.29. The fourth-order valence-corrected chi connectivity index (χ4v) is 0.227. The zero-order valence-corrected chi connectivity index (χ0v) is 5.22. The summed E-state index contributed by atoms with van der Waals surface area (Å²) in [6.07, 6.45) is 3.25. The average molecular weight is 113 g/mol. The molecular weight excluding hydrogens is 102 g/mol. The second kappa shape index (κ2) is 6.24. The van der Waals surface area contributed by atoms with Gasteiger partial charge in [0.25, 0.3) is 0 Å². The van der Waals surface area contributed by atoms with Gasteiger partial charge in [-0.15, -0.1) is 0 Å². The van der Waals surface area contributed by atoms with E-state index in [-0.39, 0.29) is 0 Å². The number of rotatable bonds is 0. The molecule has 0 saturated carbocycles. The zero-order chi connectivity index (χ0) is 6.24. The van der Waals surface area contributed by atoms with Crippen molar-refractivity contribution in [2.45, 2.75) is 0 Å². The Bertz CT molecular complexity index is 75.4. The predicted molar refractivity (Wildman–Crippen MR) is 33.7 cm³/mol.